The summed E-state index contributed by atoms with van der Waals surface area (Å²) < 4.78 is 4.99. The lowest BCUT2D eigenvalue weighted by atomic mass is 9.99. The Bertz CT molecular complexity index is 280. The van der Waals surface area contributed by atoms with Crippen LogP contribution in [0.3, 0.4) is 0 Å². The highest BCUT2D eigenvalue weighted by Gasteiger charge is 2.47. The summed E-state index contributed by atoms with van der Waals surface area (Å²) in [6.07, 6.45) is 1.29. The first-order valence-electron chi connectivity index (χ1n) is 4.62. The van der Waals surface area contributed by atoms with Gasteiger partial charge in [0, 0.05) is 18.3 Å². The average molecular weight is 215 g/mol. The number of carbonyl (C=O) groups is 1. The molecule has 0 aliphatic heterocycles. The van der Waals surface area contributed by atoms with E-state index in [1.807, 2.05) is 0 Å². The van der Waals surface area contributed by atoms with E-state index in [4.69, 9.17) is 4.74 Å². The topological polar surface area (TPSA) is 69.4 Å². The molecule has 0 aromatic rings. The van der Waals surface area contributed by atoms with E-state index in [2.05, 4.69) is 6.58 Å². The Morgan fingerprint density at radius 2 is 1.93 bits per heavy atom. The predicted molar refractivity (Wildman–Crippen MR) is 56.1 cm³/mol. The second-order valence-corrected chi connectivity index (χ2v) is 4.53. The van der Waals surface area contributed by atoms with Crippen molar-refractivity contribution < 1.29 is 14.5 Å². The first-order valence-corrected chi connectivity index (χ1v) is 4.62. The quantitative estimate of drug-likeness (QED) is 0.311. The van der Waals surface area contributed by atoms with Crippen molar-refractivity contribution in [1.82, 2.24) is 0 Å². The van der Waals surface area contributed by atoms with E-state index < -0.39 is 22.0 Å². The van der Waals surface area contributed by atoms with E-state index in [0.29, 0.717) is 0 Å². The summed E-state index contributed by atoms with van der Waals surface area (Å²) in [7, 11) is 0. The zero-order valence-electron chi connectivity index (χ0n) is 9.57. The van der Waals surface area contributed by atoms with Gasteiger partial charge in [0.1, 0.15) is 5.60 Å². The molecule has 5 heteroatoms. The van der Waals surface area contributed by atoms with Gasteiger partial charge in [-0.15, -0.1) is 6.58 Å². The van der Waals surface area contributed by atoms with Crippen LogP contribution in [0.1, 0.15) is 34.1 Å². The van der Waals surface area contributed by atoms with Crippen LogP contribution in [-0.4, -0.2) is 22.0 Å². The lowest BCUT2D eigenvalue weighted by molar-refractivity contribution is -0.550. The van der Waals surface area contributed by atoms with Crippen molar-refractivity contribution in [3.63, 3.8) is 0 Å². The van der Waals surface area contributed by atoms with Gasteiger partial charge >= 0.3 is 11.5 Å². The molecule has 1 atom stereocenters. The number of hydrogen-bond acceptors (Lipinski definition) is 4. The van der Waals surface area contributed by atoms with Crippen LogP contribution >= 0.6 is 0 Å². The van der Waals surface area contributed by atoms with Crippen molar-refractivity contribution in [3.8, 4) is 0 Å². The fourth-order valence-electron chi connectivity index (χ4n) is 0.901. The smallest absolute Gasteiger partial charge is 0.385 e. The summed E-state index contributed by atoms with van der Waals surface area (Å²) in [6, 6.07) is 0. The zero-order valence-corrected chi connectivity index (χ0v) is 9.57. The highest BCUT2D eigenvalue weighted by molar-refractivity contribution is 5.79. The van der Waals surface area contributed by atoms with Crippen LogP contribution in [0.4, 0.5) is 0 Å². The van der Waals surface area contributed by atoms with Crippen molar-refractivity contribution in [2.24, 2.45) is 0 Å². The second-order valence-electron chi connectivity index (χ2n) is 4.53. The van der Waals surface area contributed by atoms with Gasteiger partial charge in [-0.2, -0.15) is 0 Å². The van der Waals surface area contributed by atoms with Crippen LogP contribution in [0.15, 0.2) is 12.7 Å². The van der Waals surface area contributed by atoms with Crippen molar-refractivity contribution in [2.75, 3.05) is 0 Å². The third-order valence-corrected chi connectivity index (χ3v) is 1.78. The van der Waals surface area contributed by atoms with E-state index in [0.717, 1.165) is 0 Å². The first-order chi connectivity index (χ1) is 6.63. The van der Waals surface area contributed by atoms with Gasteiger partial charge < -0.3 is 4.74 Å². The lowest BCUT2D eigenvalue weighted by Gasteiger charge is -2.24. The van der Waals surface area contributed by atoms with Crippen molar-refractivity contribution in [3.05, 3.63) is 22.8 Å². The molecule has 0 unspecified atom stereocenters. The average Bonchev–Trinajstić information content (AvgIpc) is 2.00. The largest absolute Gasteiger partial charge is 0.455 e. The monoisotopic (exact) mass is 215 g/mol. The molecule has 0 heterocycles. The fourth-order valence-corrected chi connectivity index (χ4v) is 0.901. The first kappa shape index (κ1) is 13.6. The molecule has 0 aromatic carbocycles. The van der Waals surface area contributed by atoms with Gasteiger partial charge in [-0.1, -0.05) is 6.08 Å². The summed E-state index contributed by atoms with van der Waals surface area (Å²) in [5.74, 6) is -0.833. The van der Waals surface area contributed by atoms with Crippen LogP contribution < -0.4 is 0 Å². The van der Waals surface area contributed by atoms with Crippen LogP contribution in [0, 0.1) is 10.1 Å². The third-order valence-electron chi connectivity index (χ3n) is 1.78. The van der Waals surface area contributed by atoms with Gasteiger partial charge in [0.25, 0.3) is 0 Å². The Morgan fingerprint density at radius 3 is 2.20 bits per heavy atom. The van der Waals surface area contributed by atoms with Crippen LogP contribution in [0.25, 0.3) is 0 Å². The Kier molecular flexibility index (Phi) is 4.01. The molecule has 0 bridgehead atoms. The number of rotatable bonds is 4. The number of nitro groups is 1. The van der Waals surface area contributed by atoms with Gasteiger partial charge in [0.2, 0.25) is 0 Å². The minimum atomic E-state index is -1.74. The van der Waals surface area contributed by atoms with Gasteiger partial charge in [-0.3, -0.25) is 10.1 Å². The summed E-state index contributed by atoms with van der Waals surface area (Å²) in [4.78, 5) is 21.8. The Balaban J connectivity index is 4.87. The molecule has 86 valence electrons. The summed E-state index contributed by atoms with van der Waals surface area (Å²) >= 11 is 0. The molecule has 0 spiro atoms. The van der Waals surface area contributed by atoms with E-state index in [-0.39, 0.29) is 6.42 Å². The normalized spacial score (nSPS) is 15.2. The molecule has 5 nitrogen and oxygen atoms in total. The summed E-state index contributed by atoms with van der Waals surface area (Å²) in [5, 5.41) is 10.8. The Hall–Kier alpha value is -1.39. The highest BCUT2D eigenvalue weighted by Crippen LogP contribution is 2.20. The SMILES string of the molecule is C=CC[C@@](C)(C(=O)OC(C)(C)C)[N+](=O)[O-]. The van der Waals surface area contributed by atoms with Crippen LogP contribution in [0.2, 0.25) is 0 Å². The molecule has 0 aliphatic rings. The standard InChI is InChI=1S/C10H17NO4/c1-6-7-10(5,11(13)14)8(12)15-9(2,3)4/h6H,1,7H2,2-5H3/t10-/m0/s1. The number of nitrogens with zero attached hydrogens (tertiary/aromatic N) is 1. The molecule has 0 aromatic heterocycles. The van der Waals surface area contributed by atoms with E-state index in [1.54, 1.807) is 20.8 Å². The molecule has 0 rings (SSSR count). The maximum absolute atomic E-state index is 11.6. The Labute approximate surface area is 89.3 Å². The summed E-state index contributed by atoms with van der Waals surface area (Å²) in [6.45, 7) is 9.63. The molecular formula is C10H17NO4. The molecule has 0 saturated heterocycles. The minimum Gasteiger partial charge on any atom is -0.455 e. The summed E-state index contributed by atoms with van der Waals surface area (Å²) in [5.41, 5.74) is -2.47. The lowest BCUT2D eigenvalue weighted by Crippen LogP contribution is -2.46. The van der Waals surface area contributed by atoms with Crippen LogP contribution in [0.5, 0.6) is 0 Å². The fraction of sp³-hybridized carbons (Fsp3) is 0.700. The number of carbonyl (C=O) groups excluding carboxylic acids is 1. The highest BCUT2D eigenvalue weighted by atomic mass is 16.6. The maximum Gasteiger partial charge on any atom is 0.385 e. The van der Waals surface area contributed by atoms with E-state index in [9.17, 15) is 14.9 Å². The maximum atomic E-state index is 11.6. The molecule has 0 amide bonds. The van der Waals surface area contributed by atoms with Crippen molar-refractivity contribution in [1.29, 1.82) is 0 Å². The molecule has 0 aliphatic carbocycles. The second kappa shape index (κ2) is 4.42. The predicted octanol–water partition coefficient (Wildman–Crippen LogP) is 1.94. The number of hydrogen-bond donors (Lipinski definition) is 0. The molecule has 0 radical (unpaired) electrons. The molecule has 0 N–H and O–H groups in total. The Morgan fingerprint density at radius 1 is 1.47 bits per heavy atom. The van der Waals surface area contributed by atoms with Gasteiger partial charge in [-0.05, 0) is 20.8 Å². The molecule has 0 fully saturated rings. The third kappa shape index (κ3) is 3.69. The molecule has 15 heavy (non-hydrogen) atoms. The van der Waals surface area contributed by atoms with Gasteiger partial charge in [0.05, 0.1) is 0 Å². The molecule has 0 saturated carbocycles. The van der Waals surface area contributed by atoms with Gasteiger partial charge in [-0.25, -0.2) is 4.79 Å². The van der Waals surface area contributed by atoms with E-state index in [1.165, 1.54) is 13.0 Å². The minimum absolute atomic E-state index is 0.0467. The molecular weight excluding hydrogens is 198 g/mol. The van der Waals surface area contributed by atoms with Gasteiger partial charge in [0.15, 0.2) is 0 Å². The van der Waals surface area contributed by atoms with Crippen molar-refractivity contribution in [2.45, 2.75) is 45.3 Å². The van der Waals surface area contributed by atoms with Crippen LogP contribution in [-0.2, 0) is 9.53 Å². The van der Waals surface area contributed by atoms with E-state index >= 15 is 0 Å². The zero-order chi connectivity index (χ0) is 12.3. The number of esters is 1. The number of ether oxygens (including phenoxy) is 1. The van der Waals surface area contributed by atoms with Crippen molar-refractivity contribution >= 4 is 5.97 Å².